The van der Waals surface area contributed by atoms with Crippen molar-refractivity contribution in [1.82, 2.24) is 0 Å². The second-order valence-electron chi connectivity index (χ2n) is 3.62. The van der Waals surface area contributed by atoms with Crippen LogP contribution in [0.4, 0.5) is 0 Å². The maximum atomic E-state index is 9.85. The highest BCUT2D eigenvalue weighted by Gasteiger charge is 2.20. The van der Waals surface area contributed by atoms with Gasteiger partial charge in [-0.3, -0.25) is 0 Å². The molecule has 3 heteroatoms. The van der Waals surface area contributed by atoms with Gasteiger partial charge in [0.15, 0.2) is 0 Å². The van der Waals surface area contributed by atoms with Gasteiger partial charge in [-0.25, -0.2) is 0 Å². The Morgan fingerprint density at radius 3 is 2.64 bits per heavy atom. The molecule has 0 saturated heterocycles. The molecule has 0 radical (unpaired) electrons. The fourth-order valence-corrected chi connectivity index (χ4v) is 2.40. The zero-order valence-corrected chi connectivity index (χ0v) is 9.55. The molecule has 0 aliphatic carbocycles. The Morgan fingerprint density at radius 2 is 2.14 bits per heavy atom. The average Bonchev–Trinajstić information content (AvgIpc) is 2.59. The predicted molar refractivity (Wildman–Crippen MR) is 59.5 cm³/mol. The van der Waals surface area contributed by atoms with Crippen molar-refractivity contribution in [3.05, 3.63) is 21.9 Å². The fraction of sp³-hybridized carbons (Fsp3) is 0.636. The summed E-state index contributed by atoms with van der Waals surface area (Å²) >= 11 is 1.51. The smallest absolute Gasteiger partial charge is 0.114 e. The van der Waals surface area contributed by atoms with Gasteiger partial charge in [0.1, 0.15) is 6.10 Å². The summed E-state index contributed by atoms with van der Waals surface area (Å²) in [6.45, 7) is 4.04. The molecule has 2 atom stereocenters. The number of aliphatic hydroxyl groups excluding tert-OH is 2. The highest BCUT2D eigenvalue weighted by Crippen LogP contribution is 2.27. The van der Waals surface area contributed by atoms with Crippen molar-refractivity contribution in [2.45, 2.75) is 45.3 Å². The maximum absolute atomic E-state index is 9.85. The summed E-state index contributed by atoms with van der Waals surface area (Å²) in [6, 6.07) is 1.97. The van der Waals surface area contributed by atoms with Gasteiger partial charge in [0.05, 0.1) is 6.10 Å². The third kappa shape index (κ3) is 2.80. The quantitative estimate of drug-likeness (QED) is 0.791. The van der Waals surface area contributed by atoms with Crippen molar-refractivity contribution >= 4 is 11.3 Å². The van der Waals surface area contributed by atoms with Gasteiger partial charge in [-0.05, 0) is 30.4 Å². The normalized spacial score (nSPS) is 15.4. The second-order valence-corrected chi connectivity index (χ2v) is 4.57. The lowest BCUT2D eigenvalue weighted by Gasteiger charge is -2.17. The van der Waals surface area contributed by atoms with Gasteiger partial charge in [0, 0.05) is 4.88 Å². The maximum Gasteiger partial charge on any atom is 0.114 e. The SMILES string of the molecule is CCCC[C@@H](O)[C@H](O)c1sccc1C. The zero-order chi connectivity index (χ0) is 10.6. The van der Waals surface area contributed by atoms with Crippen LogP contribution in [0, 0.1) is 6.92 Å². The topological polar surface area (TPSA) is 40.5 Å². The van der Waals surface area contributed by atoms with E-state index in [0.717, 1.165) is 23.3 Å². The van der Waals surface area contributed by atoms with Crippen LogP contribution in [0.5, 0.6) is 0 Å². The first-order valence-corrected chi connectivity index (χ1v) is 5.95. The second kappa shape index (κ2) is 5.49. The number of aliphatic hydroxyl groups is 2. The van der Waals surface area contributed by atoms with Crippen LogP contribution >= 0.6 is 11.3 Å². The number of hydrogen-bond donors (Lipinski definition) is 2. The molecule has 0 spiro atoms. The van der Waals surface area contributed by atoms with Crippen molar-refractivity contribution in [3.8, 4) is 0 Å². The third-order valence-corrected chi connectivity index (χ3v) is 3.48. The fourth-order valence-electron chi connectivity index (χ4n) is 1.43. The molecule has 2 N–H and O–H groups in total. The van der Waals surface area contributed by atoms with Crippen LogP contribution in [0.1, 0.15) is 42.7 Å². The van der Waals surface area contributed by atoms with Gasteiger partial charge in [0.2, 0.25) is 0 Å². The molecule has 0 saturated carbocycles. The number of rotatable bonds is 5. The first-order chi connectivity index (χ1) is 6.66. The van der Waals surface area contributed by atoms with Crippen molar-refractivity contribution in [3.63, 3.8) is 0 Å². The summed E-state index contributed by atoms with van der Waals surface area (Å²) in [5, 5.41) is 21.5. The molecule has 1 heterocycles. The highest BCUT2D eigenvalue weighted by molar-refractivity contribution is 7.10. The molecule has 2 nitrogen and oxygen atoms in total. The molecule has 1 aromatic heterocycles. The minimum absolute atomic E-state index is 0.618. The molecule has 0 fully saturated rings. The molecule has 1 aromatic rings. The molecular formula is C11H18O2S. The first kappa shape index (κ1) is 11.7. The van der Waals surface area contributed by atoms with E-state index in [-0.39, 0.29) is 0 Å². The molecule has 0 unspecified atom stereocenters. The number of aryl methyl sites for hydroxylation is 1. The molecule has 14 heavy (non-hydrogen) atoms. The summed E-state index contributed by atoms with van der Waals surface area (Å²) in [5.41, 5.74) is 1.07. The van der Waals surface area contributed by atoms with Gasteiger partial charge in [-0.2, -0.15) is 0 Å². The molecule has 0 amide bonds. The van der Waals surface area contributed by atoms with E-state index >= 15 is 0 Å². The van der Waals surface area contributed by atoms with Gasteiger partial charge in [-0.1, -0.05) is 19.8 Å². The molecule has 80 valence electrons. The molecule has 0 aromatic carbocycles. The van der Waals surface area contributed by atoms with E-state index in [9.17, 15) is 10.2 Å². The lowest BCUT2D eigenvalue weighted by atomic mass is 10.0. The van der Waals surface area contributed by atoms with Crippen LogP contribution in [0.25, 0.3) is 0 Å². The lowest BCUT2D eigenvalue weighted by Crippen LogP contribution is -2.17. The Bertz CT molecular complexity index is 270. The van der Waals surface area contributed by atoms with Gasteiger partial charge >= 0.3 is 0 Å². The van der Waals surface area contributed by atoms with Gasteiger partial charge in [0.25, 0.3) is 0 Å². The van der Waals surface area contributed by atoms with Gasteiger partial charge in [-0.15, -0.1) is 11.3 Å². The van der Waals surface area contributed by atoms with Crippen molar-refractivity contribution in [1.29, 1.82) is 0 Å². The minimum Gasteiger partial charge on any atom is -0.390 e. The van der Waals surface area contributed by atoms with Crippen LogP contribution in [0.15, 0.2) is 11.4 Å². The van der Waals surface area contributed by atoms with Crippen LogP contribution in [0.3, 0.4) is 0 Å². The predicted octanol–water partition coefficient (Wildman–Crippen LogP) is 2.64. The van der Waals surface area contributed by atoms with Crippen LogP contribution in [-0.2, 0) is 0 Å². The molecule has 1 rings (SSSR count). The van der Waals surface area contributed by atoms with Gasteiger partial charge < -0.3 is 10.2 Å². The number of unbranched alkanes of at least 4 members (excludes halogenated alkanes) is 1. The molecular weight excluding hydrogens is 196 g/mol. The third-order valence-electron chi connectivity index (χ3n) is 2.39. The standard InChI is InChI=1S/C11H18O2S/c1-3-4-5-9(12)10(13)11-8(2)6-7-14-11/h6-7,9-10,12-13H,3-5H2,1-2H3/t9-,10+/m1/s1. The van der Waals surface area contributed by atoms with Crippen molar-refractivity contribution in [2.75, 3.05) is 0 Å². The lowest BCUT2D eigenvalue weighted by molar-refractivity contribution is 0.0140. The van der Waals surface area contributed by atoms with E-state index in [1.165, 1.54) is 11.3 Å². The van der Waals surface area contributed by atoms with E-state index in [2.05, 4.69) is 6.92 Å². The van der Waals surface area contributed by atoms with E-state index in [4.69, 9.17) is 0 Å². The largest absolute Gasteiger partial charge is 0.390 e. The van der Waals surface area contributed by atoms with E-state index in [0.29, 0.717) is 6.42 Å². The van der Waals surface area contributed by atoms with Crippen molar-refractivity contribution in [2.24, 2.45) is 0 Å². The molecule has 0 aliphatic rings. The van der Waals surface area contributed by atoms with Crippen LogP contribution in [0.2, 0.25) is 0 Å². The molecule has 0 bridgehead atoms. The monoisotopic (exact) mass is 214 g/mol. The molecule has 0 aliphatic heterocycles. The zero-order valence-electron chi connectivity index (χ0n) is 8.73. The Morgan fingerprint density at radius 1 is 1.43 bits per heavy atom. The first-order valence-electron chi connectivity index (χ1n) is 5.07. The van der Waals surface area contributed by atoms with Crippen LogP contribution < -0.4 is 0 Å². The Kier molecular flexibility index (Phi) is 4.58. The summed E-state index contributed by atoms with van der Waals surface area (Å²) in [7, 11) is 0. The average molecular weight is 214 g/mol. The highest BCUT2D eigenvalue weighted by atomic mass is 32.1. The number of thiophene rings is 1. The summed E-state index contributed by atoms with van der Waals surface area (Å²) < 4.78 is 0. The van der Waals surface area contributed by atoms with Crippen molar-refractivity contribution < 1.29 is 10.2 Å². The Balaban J connectivity index is 2.56. The summed E-state index contributed by atoms with van der Waals surface area (Å²) in [4.78, 5) is 0.897. The minimum atomic E-state index is -0.707. The van der Waals surface area contributed by atoms with Crippen LogP contribution in [-0.4, -0.2) is 16.3 Å². The number of hydrogen-bond acceptors (Lipinski definition) is 3. The summed E-state index contributed by atoms with van der Waals surface area (Å²) in [6.07, 6.45) is 1.36. The summed E-state index contributed by atoms with van der Waals surface area (Å²) in [5.74, 6) is 0. The van der Waals surface area contributed by atoms with E-state index < -0.39 is 12.2 Å². The Labute approximate surface area is 89.2 Å². The Hall–Kier alpha value is -0.380. The van der Waals surface area contributed by atoms with E-state index in [1.807, 2.05) is 18.4 Å². The van der Waals surface area contributed by atoms with E-state index in [1.54, 1.807) is 0 Å².